The predicted molar refractivity (Wildman–Crippen MR) is 78.7 cm³/mol. The number of hydrogen-bond donors (Lipinski definition) is 0. The zero-order valence-corrected chi connectivity index (χ0v) is 13.4. The SMILES string of the molecule is C[C@H](C(=O)N1CCCC1)N1CCN(C(=O)CCC(F)(F)F)CC1. The summed E-state index contributed by atoms with van der Waals surface area (Å²) in [5.41, 5.74) is 0. The van der Waals surface area contributed by atoms with Crippen LogP contribution in [-0.2, 0) is 9.59 Å². The maximum atomic E-state index is 12.4. The van der Waals surface area contributed by atoms with Crippen molar-refractivity contribution in [3.05, 3.63) is 0 Å². The van der Waals surface area contributed by atoms with E-state index in [0.29, 0.717) is 26.2 Å². The first-order valence-corrected chi connectivity index (χ1v) is 8.15. The van der Waals surface area contributed by atoms with E-state index in [1.165, 1.54) is 4.90 Å². The Hall–Kier alpha value is -1.31. The molecule has 0 saturated carbocycles. The lowest BCUT2D eigenvalue weighted by Crippen LogP contribution is -2.55. The maximum absolute atomic E-state index is 12.4. The van der Waals surface area contributed by atoms with Gasteiger partial charge in [0.05, 0.1) is 12.5 Å². The lowest BCUT2D eigenvalue weighted by atomic mass is 10.2. The van der Waals surface area contributed by atoms with Crippen molar-refractivity contribution >= 4 is 11.8 Å². The van der Waals surface area contributed by atoms with Crippen molar-refractivity contribution in [1.29, 1.82) is 0 Å². The van der Waals surface area contributed by atoms with E-state index in [2.05, 4.69) is 0 Å². The average molecular weight is 335 g/mol. The summed E-state index contributed by atoms with van der Waals surface area (Å²) in [6, 6.07) is -0.236. The fourth-order valence-electron chi connectivity index (χ4n) is 3.12. The lowest BCUT2D eigenvalue weighted by Gasteiger charge is -2.38. The van der Waals surface area contributed by atoms with Crippen LogP contribution < -0.4 is 0 Å². The molecule has 0 aromatic rings. The van der Waals surface area contributed by atoms with E-state index in [0.717, 1.165) is 25.9 Å². The third-order valence-electron chi connectivity index (χ3n) is 4.61. The van der Waals surface area contributed by atoms with Gasteiger partial charge in [0.2, 0.25) is 11.8 Å². The summed E-state index contributed by atoms with van der Waals surface area (Å²) in [7, 11) is 0. The summed E-state index contributed by atoms with van der Waals surface area (Å²) in [4.78, 5) is 29.5. The third-order valence-corrected chi connectivity index (χ3v) is 4.61. The van der Waals surface area contributed by atoms with Crippen LogP contribution in [0.1, 0.15) is 32.6 Å². The Kier molecular flexibility index (Phi) is 5.89. The number of carbonyl (C=O) groups is 2. The molecule has 2 rings (SSSR count). The molecule has 2 amide bonds. The predicted octanol–water partition coefficient (Wildman–Crippen LogP) is 1.48. The molecule has 0 aromatic heterocycles. The highest BCUT2D eigenvalue weighted by molar-refractivity contribution is 5.81. The summed E-state index contributed by atoms with van der Waals surface area (Å²) in [6.45, 7) is 5.29. The monoisotopic (exact) mass is 335 g/mol. The number of hydrogen-bond acceptors (Lipinski definition) is 3. The first kappa shape index (κ1) is 18.0. The Morgan fingerprint density at radius 2 is 1.52 bits per heavy atom. The summed E-state index contributed by atoms with van der Waals surface area (Å²) in [5.74, 6) is -0.347. The summed E-state index contributed by atoms with van der Waals surface area (Å²) in [5, 5.41) is 0. The molecule has 2 aliphatic heterocycles. The first-order chi connectivity index (χ1) is 10.8. The minimum Gasteiger partial charge on any atom is -0.341 e. The van der Waals surface area contributed by atoms with Gasteiger partial charge < -0.3 is 9.80 Å². The number of piperazine rings is 1. The molecular weight excluding hydrogens is 311 g/mol. The third kappa shape index (κ3) is 5.09. The van der Waals surface area contributed by atoms with Crippen LogP contribution in [0.5, 0.6) is 0 Å². The smallest absolute Gasteiger partial charge is 0.341 e. The molecule has 0 N–H and O–H groups in total. The molecule has 0 bridgehead atoms. The second kappa shape index (κ2) is 7.51. The molecule has 2 saturated heterocycles. The van der Waals surface area contributed by atoms with Gasteiger partial charge in [-0.3, -0.25) is 14.5 Å². The van der Waals surface area contributed by atoms with Gasteiger partial charge in [-0.1, -0.05) is 0 Å². The van der Waals surface area contributed by atoms with Crippen LogP contribution in [-0.4, -0.2) is 78.0 Å². The summed E-state index contributed by atoms with van der Waals surface area (Å²) in [6.07, 6.45) is -3.78. The molecule has 2 aliphatic rings. The van der Waals surface area contributed by atoms with Crippen LogP contribution in [0.2, 0.25) is 0 Å². The van der Waals surface area contributed by atoms with Gasteiger partial charge in [-0.05, 0) is 19.8 Å². The highest BCUT2D eigenvalue weighted by atomic mass is 19.4. The molecule has 5 nitrogen and oxygen atoms in total. The number of halogens is 3. The van der Waals surface area contributed by atoms with Crippen LogP contribution in [0, 0.1) is 0 Å². The van der Waals surface area contributed by atoms with E-state index in [9.17, 15) is 22.8 Å². The molecule has 23 heavy (non-hydrogen) atoms. The zero-order valence-electron chi connectivity index (χ0n) is 13.4. The van der Waals surface area contributed by atoms with Gasteiger partial charge >= 0.3 is 6.18 Å². The largest absolute Gasteiger partial charge is 0.389 e. The van der Waals surface area contributed by atoms with Crippen molar-refractivity contribution in [2.75, 3.05) is 39.3 Å². The molecule has 0 radical (unpaired) electrons. The molecule has 0 spiro atoms. The molecule has 0 unspecified atom stereocenters. The fraction of sp³-hybridized carbons (Fsp3) is 0.867. The number of carbonyl (C=O) groups excluding carboxylic acids is 2. The van der Waals surface area contributed by atoms with E-state index < -0.39 is 24.9 Å². The Balaban J connectivity index is 1.76. The highest BCUT2D eigenvalue weighted by Gasteiger charge is 2.32. The first-order valence-electron chi connectivity index (χ1n) is 8.15. The number of nitrogens with zero attached hydrogens (tertiary/aromatic N) is 3. The Morgan fingerprint density at radius 1 is 0.957 bits per heavy atom. The van der Waals surface area contributed by atoms with Gasteiger partial charge in [0.1, 0.15) is 0 Å². The van der Waals surface area contributed by atoms with Crippen molar-refractivity contribution in [3.63, 3.8) is 0 Å². The molecule has 0 aliphatic carbocycles. The van der Waals surface area contributed by atoms with Crippen LogP contribution in [0.3, 0.4) is 0 Å². The van der Waals surface area contributed by atoms with Gasteiger partial charge in [0, 0.05) is 45.7 Å². The number of amides is 2. The van der Waals surface area contributed by atoms with Crippen molar-refractivity contribution in [1.82, 2.24) is 14.7 Å². The quantitative estimate of drug-likeness (QED) is 0.782. The highest BCUT2D eigenvalue weighted by Crippen LogP contribution is 2.22. The van der Waals surface area contributed by atoms with E-state index in [1.807, 2.05) is 16.7 Å². The molecular formula is C15H24F3N3O2. The fourth-order valence-corrected chi connectivity index (χ4v) is 3.12. The average Bonchev–Trinajstić information content (AvgIpc) is 3.05. The standard InChI is InChI=1S/C15H24F3N3O2/c1-12(14(23)21-6-2-3-7-21)19-8-10-20(11-9-19)13(22)4-5-15(16,17)18/h12H,2-11H2,1H3/t12-/m1/s1. The molecule has 2 fully saturated rings. The van der Waals surface area contributed by atoms with Crippen molar-refractivity contribution in [2.45, 2.75) is 44.8 Å². The topological polar surface area (TPSA) is 43.9 Å². The van der Waals surface area contributed by atoms with Crippen molar-refractivity contribution < 1.29 is 22.8 Å². The second-order valence-electron chi connectivity index (χ2n) is 6.24. The maximum Gasteiger partial charge on any atom is 0.389 e. The van der Waals surface area contributed by atoms with Crippen LogP contribution in [0.25, 0.3) is 0 Å². The van der Waals surface area contributed by atoms with E-state index >= 15 is 0 Å². The minimum absolute atomic E-state index is 0.111. The van der Waals surface area contributed by atoms with Crippen LogP contribution in [0.15, 0.2) is 0 Å². The van der Waals surface area contributed by atoms with Gasteiger partial charge in [0.25, 0.3) is 0 Å². The van der Waals surface area contributed by atoms with Gasteiger partial charge in [0.15, 0.2) is 0 Å². The summed E-state index contributed by atoms with van der Waals surface area (Å²) < 4.78 is 36.5. The Bertz CT molecular complexity index is 428. The minimum atomic E-state index is -4.30. The molecule has 8 heteroatoms. The normalized spacial score (nSPS) is 21.6. The Morgan fingerprint density at radius 3 is 2.04 bits per heavy atom. The number of alkyl halides is 3. The van der Waals surface area contributed by atoms with Gasteiger partial charge in [-0.2, -0.15) is 13.2 Å². The number of rotatable bonds is 4. The second-order valence-corrected chi connectivity index (χ2v) is 6.24. The Labute approximate surface area is 134 Å². The van der Waals surface area contributed by atoms with Gasteiger partial charge in [-0.15, -0.1) is 0 Å². The van der Waals surface area contributed by atoms with Crippen molar-refractivity contribution in [3.8, 4) is 0 Å². The van der Waals surface area contributed by atoms with E-state index in [1.54, 1.807) is 0 Å². The van der Waals surface area contributed by atoms with Gasteiger partial charge in [-0.25, -0.2) is 0 Å². The molecule has 1 atom stereocenters. The number of likely N-dealkylation sites (tertiary alicyclic amines) is 1. The van der Waals surface area contributed by atoms with Crippen molar-refractivity contribution in [2.24, 2.45) is 0 Å². The molecule has 132 valence electrons. The molecule has 2 heterocycles. The van der Waals surface area contributed by atoms with E-state index in [-0.39, 0.29) is 11.9 Å². The van der Waals surface area contributed by atoms with E-state index in [4.69, 9.17) is 0 Å². The zero-order chi connectivity index (χ0) is 17.0. The van der Waals surface area contributed by atoms with Crippen LogP contribution >= 0.6 is 0 Å². The lowest BCUT2D eigenvalue weighted by molar-refractivity contribution is -0.150. The molecule has 0 aromatic carbocycles. The van der Waals surface area contributed by atoms with Crippen LogP contribution in [0.4, 0.5) is 13.2 Å². The summed E-state index contributed by atoms with van der Waals surface area (Å²) >= 11 is 0.